The van der Waals surface area contributed by atoms with Crippen LogP contribution >= 0.6 is 0 Å². The van der Waals surface area contributed by atoms with Gasteiger partial charge in [0.05, 0.1) is 4.92 Å². The van der Waals surface area contributed by atoms with Crippen LogP contribution in [-0.2, 0) is 16.0 Å². The van der Waals surface area contributed by atoms with E-state index in [4.69, 9.17) is 10.2 Å². The highest BCUT2D eigenvalue weighted by molar-refractivity contribution is 5.87. The molecule has 0 aliphatic heterocycles. The van der Waals surface area contributed by atoms with Crippen molar-refractivity contribution in [2.45, 2.75) is 18.1 Å². The number of aliphatic hydroxyl groups excluding tert-OH is 1. The molecule has 20 heavy (non-hydrogen) atoms. The van der Waals surface area contributed by atoms with E-state index >= 15 is 0 Å². The number of nitro benzene ring substituents is 1. The fourth-order valence-electron chi connectivity index (χ4n) is 1.62. The number of nitrogens with zero attached hydrogens (tertiary/aromatic N) is 1. The van der Waals surface area contributed by atoms with Crippen LogP contribution in [0.2, 0.25) is 0 Å². The van der Waals surface area contributed by atoms with E-state index in [0.717, 1.165) is 6.07 Å². The molecule has 0 aliphatic rings. The van der Waals surface area contributed by atoms with Gasteiger partial charge in [-0.15, -0.1) is 0 Å². The highest BCUT2D eigenvalue weighted by Gasteiger charge is 2.48. The maximum atomic E-state index is 11.0. The molecule has 1 aromatic rings. The van der Waals surface area contributed by atoms with Crippen molar-refractivity contribution < 1.29 is 34.9 Å². The van der Waals surface area contributed by atoms with Gasteiger partial charge in [-0.3, -0.25) is 10.1 Å². The highest BCUT2D eigenvalue weighted by Crippen LogP contribution is 2.25. The monoisotopic (exact) mass is 285 g/mol. The third kappa shape index (κ3) is 2.90. The quantitative estimate of drug-likeness (QED) is 0.398. The van der Waals surface area contributed by atoms with Crippen molar-refractivity contribution in [2.24, 2.45) is 0 Å². The van der Waals surface area contributed by atoms with E-state index in [9.17, 15) is 29.9 Å². The SMILES string of the molecule is O=C(O)C(O)C(O)(Cc1ccccc1[N+](=O)[O-])C(=O)O. The van der Waals surface area contributed by atoms with Crippen LogP contribution in [0.1, 0.15) is 5.56 Å². The van der Waals surface area contributed by atoms with Gasteiger partial charge in [-0.25, -0.2) is 9.59 Å². The zero-order chi connectivity index (χ0) is 15.5. The Kier molecular flexibility index (Phi) is 4.38. The molecule has 108 valence electrons. The van der Waals surface area contributed by atoms with Gasteiger partial charge in [0, 0.05) is 18.1 Å². The van der Waals surface area contributed by atoms with E-state index in [-0.39, 0.29) is 5.56 Å². The third-order valence-corrected chi connectivity index (χ3v) is 2.70. The molecule has 0 fully saturated rings. The minimum absolute atomic E-state index is 0.206. The van der Waals surface area contributed by atoms with Gasteiger partial charge in [0.1, 0.15) is 0 Å². The molecule has 0 saturated carbocycles. The number of carbonyl (C=O) groups is 2. The van der Waals surface area contributed by atoms with Gasteiger partial charge in [0.15, 0.2) is 6.10 Å². The van der Waals surface area contributed by atoms with E-state index in [0.29, 0.717) is 0 Å². The Morgan fingerprint density at radius 2 is 1.85 bits per heavy atom. The standard InChI is InChI=1S/C11H11NO8/c13-8(9(14)15)11(18,10(16)17)5-6-3-1-2-4-7(6)12(19)20/h1-4,8,13,18H,5H2,(H,14,15)(H,16,17). The summed E-state index contributed by atoms with van der Waals surface area (Å²) in [5.41, 5.74) is -3.76. The molecule has 0 amide bonds. The molecule has 0 heterocycles. The van der Waals surface area contributed by atoms with Crippen molar-refractivity contribution in [1.29, 1.82) is 0 Å². The molecule has 9 heteroatoms. The lowest BCUT2D eigenvalue weighted by atomic mass is 9.88. The van der Waals surface area contributed by atoms with Crippen LogP contribution in [0.25, 0.3) is 0 Å². The van der Waals surface area contributed by atoms with Gasteiger partial charge in [-0.05, 0) is 0 Å². The van der Waals surface area contributed by atoms with Crippen LogP contribution in [0.3, 0.4) is 0 Å². The summed E-state index contributed by atoms with van der Waals surface area (Å²) >= 11 is 0. The zero-order valence-electron chi connectivity index (χ0n) is 9.96. The van der Waals surface area contributed by atoms with Crippen LogP contribution < -0.4 is 0 Å². The minimum Gasteiger partial charge on any atom is -0.479 e. The molecule has 0 saturated heterocycles. The second-order valence-corrected chi connectivity index (χ2v) is 4.03. The first-order valence-corrected chi connectivity index (χ1v) is 5.29. The van der Waals surface area contributed by atoms with Gasteiger partial charge in [-0.2, -0.15) is 0 Å². The van der Waals surface area contributed by atoms with Crippen LogP contribution in [0.5, 0.6) is 0 Å². The number of carboxylic acids is 2. The number of aliphatic hydroxyl groups is 2. The third-order valence-electron chi connectivity index (χ3n) is 2.70. The molecule has 0 aliphatic carbocycles. The van der Waals surface area contributed by atoms with E-state index < -0.39 is 40.7 Å². The average Bonchev–Trinajstić information content (AvgIpc) is 2.37. The van der Waals surface area contributed by atoms with Crippen molar-refractivity contribution >= 4 is 17.6 Å². The summed E-state index contributed by atoms with van der Waals surface area (Å²) in [5.74, 6) is -3.95. The number of hydrogen-bond donors (Lipinski definition) is 4. The molecular weight excluding hydrogens is 274 g/mol. The Hall–Kier alpha value is -2.52. The minimum atomic E-state index is -3.07. The van der Waals surface area contributed by atoms with E-state index in [1.807, 2.05) is 0 Å². The lowest BCUT2D eigenvalue weighted by Crippen LogP contribution is -2.54. The fraction of sp³-hybridized carbons (Fsp3) is 0.273. The van der Waals surface area contributed by atoms with Crippen LogP contribution in [0, 0.1) is 10.1 Å². The first-order chi connectivity index (χ1) is 9.20. The molecule has 2 atom stereocenters. The molecule has 9 nitrogen and oxygen atoms in total. The lowest BCUT2D eigenvalue weighted by molar-refractivity contribution is -0.385. The molecule has 4 N–H and O–H groups in total. The first kappa shape index (κ1) is 15.5. The lowest BCUT2D eigenvalue weighted by Gasteiger charge is -2.25. The molecule has 0 bridgehead atoms. The van der Waals surface area contributed by atoms with Gasteiger partial charge in [-0.1, -0.05) is 18.2 Å². The fourth-order valence-corrected chi connectivity index (χ4v) is 1.62. The summed E-state index contributed by atoms with van der Waals surface area (Å²) in [7, 11) is 0. The Morgan fingerprint density at radius 1 is 1.30 bits per heavy atom. The smallest absolute Gasteiger partial charge is 0.339 e. The molecule has 1 rings (SSSR count). The number of benzene rings is 1. The van der Waals surface area contributed by atoms with E-state index in [1.165, 1.54) is 18.2 Å². The van der Waals surface area contributed by atoms with E-state index in [1.54, 1.807) is 0 Å². The topological polar surface area (TPSA) is 158 Å². The summed E-state index contributed by atoms with van der Waals surface area (Å²) < 4.78 is 0. The molecule has 1 aromatic carbocycles. The number of aliphatic carboxylic acids is 2. The molecule has 0 spiro atoms. The Labute approximate surface area is 111 Å². The Balaban J connectivity index is 3.25. The predicted octanol–water partition coefficient (Wildman–Crippen LogP) is -0.602. The van der Waals surface area contributed by atoms with Crippen LogP contribution in [0.4, 0.5) is 5.69 Å². The summed E-state index contributed by atoms with van der Waals surface area (Å²) in [5, 5.41) is 47.4. The number of hydrogen-bond acceptors (Lipinski definition) is 6. The normalized spacial score (nSPS) is 15.1. The van der Waals surface area contributed by atoms with Gasteiger partial charge in [0.25, 0.3) is 5.69 Å². The van der Waals surface area contributed by atoms with Gasteiger partial charge < -0.3 is 20.4 Å². The molecule has 0 aromatic heterocycles. The molecule has 0 radical (unpaired) electrons. The average molecular weight is 285 g/mol. The Bertz CT molecular complexity index is 557. The second-order valence-electron chi connectivity index (χ2n) is 4.03. The maximum absolute atomic E-state index is 11.0. The van der Waals surface area contributed by atoms with Crippen LogP contribution in [-0.4, -0.2) is 49.0 Å². The summed E-state index contributed by atoms with van der Waals surface area (Å²) in [6.07, 6.45) is -3.55. The number of nitro groups is 1. The number of para-hydroxylation sites is 1. The van der Waals surface area contributed by atoms with Crippen molar-refractivity contribution in [1.82, 2.24) is 0 Å². The largest absolute Gasteiger partial charge is 0.479 e. The van der Waals surface area contributed by atoms with Crippen molar-refractivity contribution in [3.8, 4) is 0 Å². The number of rotatable bonds is 6. The molecule has 2 unspecified atom stereocenters. The highest BCUT2D eigenvalue weighted by atomic mass is 16.6. The second kappa shape index (κ2) is 5.63. The molecular formula is C11H11NO8. The van der Waals surface area contributed by atoms with Gasteiger partial charge in [0.2, 0.25) is 5.60 Å². The van der Waals surface area contributed by atoms with Crippen molar-refractivity contribution in [3.63, 3.8) is 0 Å². The number of carboxylic acid groups (broad SMARTS) is 2. The van der Waals surface area contributed by atoms with E-state index in [2.05, 4.69) is 0 Å². The van der Waals surface area contributed by atoms with Crippen molar-refractivity contribution in [2.75, 3.05) is 0 Å². The van der Waals surface area contributed by atoms with Crippen LogP contribution in [0.15, 0.2) is 24.3 Å². The summed E-state index contributed by atoms with van der Waals surface area (Å²) in [6, 6.07) is 4.93. The van der Waals surface area contributed by atoms with Crippen molar-refractivity contribution in [3.05, 3.63) is 39.9 Å². The maximum Gasteiger partial charge on any atom is 0.339 e. The van der Waals surface area contributed by atoms with Gasteiger partial charge >= 0.3 is 11.9 Å². The first-order valence-electron chi connectivity index (χ1n) is 5.29. The Morgan fingerprint density at radius 3 is 2.30 bits per heavy atom. The zero-order valence-corrected chi connectivity index (χ0v) is 9.96. The predicted molar refractivity (Wildman–Crippen MR) is 63.0 cm³/mol. The summed E-state index contributed by atoms with van der Waals surface area (Å²) in [6.45, 7) is 0. The summed E-state index contributed by atoms with van der Waals surface area (Å²) in [4.78, 5) is 31.6.